The van der Waals surface area contributed by atoms with E-state index in [0.29, 0.717) is 21.3 Å². The van der Waals surface area contributed by atoms with Crippen LogP contribution in [0.2, 0.25) is 0 Å². The van der Waals surface area contributed by atoms with Crippen molar-refractivity contribution in [2.24, 2.45) is 5.92 Å². The quantitative estimate of drug-likeness (QED) is 0.353. The van der Waals surface area contributed by atoms with E-state index in [2.05, 4.69) is 31.5 Å². The highest BCUT2D eigenvalue weighted by Crippen LogP contribution is 2.51. The average Bonchev–Trinajstić information content (AvgIpc) is 3.54. The number of para-hydroxylation sites is 1. The van der Waals surface area contributed by atoms with Crippen molar-refractivity contribution >= 4 is 45.5 Å². The van der Waals surface area contributed by atoms with E-state index in [-0.39, 0.29) is 42.2 Å². The summed E-state index contributed by atoms with van der Waals surface area (Å²) in [6.45, 7) is 8.68. The summed E-state index contributed by atoms with van der Waals surface area (Å²) in [7, 11) is 2.64. The number of oxazole rings is 1. The van der Waals surface area contributed by atoms with Crippen LogP contribution in [0.15, 0.2) is 51.4 Å². The number of carbonyl (C=O) groups excluding carboxylic acids is 4. The SMILES string of the molecule is COCN1C(=O)[C@@]2(Oc3ccc(cc3)C[C@H](NC(=O)OC(C)(C)C)C(=O)N[C@@H](C(C)C)c3nc(C(=O)OC)c2o3)c2cccc(Br)c21. The Hall–Kier alpha value is -4.43. The number of rotatable bonds is 5. The number of hydrogen-bond acceptors (Lipinski definition) is 10. The van der Waals surface area contributed by atoms with Crippen LogP contribution >= 0.6 is 15.9 Å². The van der Waals surface area contributed by atoms with Crippen molar-refractivity contribution in [1.29, 1.82) is 0 Å². The fraction of sp³-hybridized carbons (Fsp3) is 0.424. The van der Waals surface area contributed by atoms with Crippen molar-refractivity contribution in [2.75, 3.05) is 25.9 Å². The van der Waals surface area contributed by atoms with E-state index in [1.165, 1.54) is 19.1 Å². The molecule has 6 rings (SSSR count). The van der Waals surface area contributed by atoms with Gasteiger partial charge in [0.15, 0.2) is 11.5 Å². The summed E-state index contributed by atoms with van der Waals surface area (Å²) in [4.78, 5) is 60.5. The van der Waals surface area contributed by atoms with E-state index in [4.69, 9.17) is 23.4 Å². The third-order valence-corrected chi connectivity index (χ3v) is 8.29. The molecule has 1 spiro atoms. The molecule has 3 aromatic rings. The Morgan fingerprint density at radius 3 is 2.47 bits per heavy atom. The van der Waals surface area contributed by atoms with Gasteiger partial charge in [-0.25, -0.2) is 14.6 Å². The Morgan fingerprint density at radius 2 is 1.85 bits per heavy atom. The summed E-state index contributed by atoms with van der Waals surface area (Å²) in [6.07, 6.45) is -0.666. The second-order valence-corrected chi connectivity index (χ2v) is 13.4. The Balaban J connectivity index is 1.75. The number of carbonyl (C=O) groups is 4. The molecule has 0 fully saturated rings. The third-order valence-electron chi connectivity index (χ3n) is 7.65. The molecular formula is C33H37BrN4O9. The van der Waals surface area contributed by atoms with Crippen LogP contribution in [0.3, 0.4) is 0 Å². The molecule has 13 nitrogen and oxygen atoms in total. The van der Waals surface area contributed by atoms with Crippen molar-refractivity contribution < 1.29 is 42.5 Å². The smallest absolute Gasteiger partial charge is 0.408 e. The number of nitrogens with zero attached hydrogens (tertiary/aromatic N) is 2. The predicted octanol–water partition coefficient (Wildman–Crippen LogP) is 4.76. The summed E-state index contributed by atoms with van der Waals surface area (Å²) in [5.74, 6) is -2.40. The summed E-state index contributed by atoms with van der Waals surface area (Å²) in [5, 5.41) is 5.60. The molecule has 47 heavy (non-hydrogen) atoms. The summed E-state index contributed by atoms with van der Waals surface area (Å²) in [5.41, 5.74) is -1.64. The van der Waals surface area contributed by atoms with Gasteiger partial charge in [-0.2, -0.15) is 0 Å². The Bertz CT molecular complexity index is 1700. The van der Waals surface area contributed by atoms with Gasteiger partial charge < -0.3 is 34.0 Å². The van der Waals surface area contributed by atoms with Crippen LogP contribution in [0.4, 0.5) is 10.5 Å². The van der Waals surface area contributed by atoms with Gasteiger partial charge in [0.2, 0.25) is 11.8 Å². The molecule has 1 aromatic heterocycles. The van der Waals surface area contributed by atoms with Crippen molar-refractivity contribution in [3.05, 3.63) is 75.4 Å². The molecule has 14 heteroatoms. The van der Waals surface area contributed by atoms with Crippen molar-refractivity contribution in [2.45, 2.75) is 64.3 Å². The molecule has 0 saturated heterocycles. The van der Waals surface area contributed by atoms with Gasteiger partial charge in [-0.15, -0.1) is 0 Å². The number of ether oxygens (including phenoxy) is 4. The molecule has 4 heterocycles. The summed E-state index contributed by atoms with van der Waals surface area (Å²) in [6, 6.07) is 9.92. The first-order valence-electron chi connectivity index (χ1n) is 15.0. The summed E-state index contributed by atoms with van der Waals surface area (Å²) >= 11 is 3.56. The monoisotopic (exact) mass is 712 g/mol. The van der Waals surface area contributed by atoms with E-state index in [9.17, 15) is 19.2 Å². The maximum Gasteiger partial charge on any atom is 0.408 e. The lowest BCUT2D eigenvalue weighted by molar-refractivity contribution is -0.132. The second-order valence-electron chi connectivity index (χ2n) is 12.6. The predicted molar refractivity (Wildman–Crippen MR) is 172 cm³/mol. The standard InChI is InChI=1S/C33H37BrN4O9/c1-17(2)23-28-37-24(29(40)44-7)26(45-28)33(20-9-8-10-21(34)25(20)38(16-43-6)30(33)41)46-19-13-11-18(12-14-19)15-22(27(39)36-23)35-31(42)47-32(3,4)5/h8-14,17,22-23H,15-16H2,1-7H3,(H,35,42)(H,36,39)/t22-,23-,33+/m0/s1. The first-order chi connectivity index (χ1) is 22.2. The zero-order valence-corrected chi connectivity index (χ0v) is 28.7. The first-order valence-corrected chi connectivity index (χ1v) is 15.8. The average molecular weight is 714 g/mol. The number of amides is 3. The van der Waals surface area contributed by atoms with Crippen LogP contribution in [0.25, 0.3) is 0 Å². The molecule has 0 saturated carbocycles. The molecule has 3 aliphatic rings. The van der Waals surface area contributed by atoms with E-state index < -0.39 is 47.2 Å². The number of esters is 1. The number of methoxy groups -OCH3 is 2. The summed E-state index contributed by atoms with van der Waals surface area (Å²) < 4.78 is 29.5. The number of hydrogen-bond donors (Lipinski definition) is 2. The number of fused-ring (bicyclic) bond motifs is 7. The van der Waals surface area contributed by atoms with E-state index in [1.54, 1.807) is 63.2 Å². The lowest BCUT2D eigenvalue weighted by Gasteiger charge is -2.29. The van der Waals surface area contributed by atoms with Crippen LogP contribution in [0, 0.1) is 5.92 Å². The Labute approximate surface area is 280 Å². The molecule has 3 amide bonds. The molecule has 2 aromatic carbocycles. The fourth-order valence-corrected chi connectivity index (χ4v) is 6.15. The van der Waals surface area contributed by atoms with Crippen LogP contribution in [-0.4, -0.2) is 61.5 Å². The number of anilines is 1. The van der Waals surface area contributed by atoms with Gasteiger partial charge in [-0.05, 0) is 66.4 Å². The number of nitrogens with one attached hydrogen (secondary N) is 2. The topological polar surface area (TPSA) is 159 Å². The Morgan fingerprint density at radius 1 is 1.15 bits per heavy atom. The Kier molecular flexibility index (Phi) is 9.38. The van der Waals surface area contributed by atoms with Gasteiger partial charge >= 0.3 is 12.1 Å². The van der Waals surface area contributed by atoms with Crippen molar-refractivity contribution in [3.63, 3.8) is 0 Å². The molecule has 2 N–H and O–H groups in total. The highest BCUT2D eigenvalue weighted by Gasteiger charge is 2.60. The molecule has 3 aliphatic heterocycles. The highest BCUT2D eigenvalue weighted by molar-refractivity contribution is 9.10. The minimum atomic E-state index is -2.05. The van der Waals surface area contributed by atoms with E-state index in [0.717, 1.165) is 0 Å². The number of benzene rings is 2. The lowest BCUT2D eigenvalue weighted by atomic mass is 9.90. The zero-order chi connectivity index (χ0) is 34.3. The van der Waals surface area contributed by atoms with E-state index in [1.807, 2.05) is 13.8 Å². The maximum absolute atomic E-state index is 14.6. The van der Waals surface area contributed by atoms with Gasteiger partial charge in [0.1, 0.15) is 30.2 Å². The van der Waals surface area contributed by atoms with Gasteiger partial charge in [0.05, 0.1) is 12.8 Å². The minimum absolute atomic E-state index is 0.0664. The molecule has 0 aliphatic carbocycles. The number of alkyl carbamates (subject to hydrolysis) is 1. The second kappa shape index (κ2) is 13.0. The van der Waals surface area contributed by atoms with Crippen molar-refractivity contribution in [1.82, 2.24) is 15.6 Å². The van der Waals surface area contributed by atoms with Crippen molar-refractivity contribution in [3.8, 4) is 5.75 Å². The highest BCUT2D eigenvalue weighted by atomic mass is 79.9. The van der Waals surface area contributed by atoms with Gasteiger partial charge in [-0.1, -0.05) is 38.1 Å². The van der Waals surface area contributed by atoms with Gasteiger partial charge in [0, 0.05) is 23.6 Å². The van der Waals surface area contributed by atoms with Gasteiger partial charge in [0.25, 0.3) is 11.5 Å². The molecule has 0 unspecified atom stereocenters. The normalized spacial score (nSPS) is 20.8. The van der Waals surface area contributed by atoms with Crippen LogP contribution < -0.4 is 20.3 Å². The lowest BCUT2D eigenvalue weighted by Crippen LogP contribution is -2.50. The van der Waals surface area contributed by atoms with Gasteiger partial charge in [-0.3, -0.25) is 14.5 Å². The molecular weight excluding hydrogens is 676 g/mol. The molecule has 250 valence electrons. The number of halogens is 1. The molecule has 0 radical (unpaired) electrons. The first kappa shape index (κ1) is 33.9. The number of aromatic nitrogens is 1. The zero-order valence-electron chi connectivity index (χ0n) is 27.1. The van der Waals surface area contributed by atoms with Crippen LogP contribution in [0.5, 0.6) is 5.75 Å². The molecule has 3 atom stereocenters. The largest absolute Gasteiger partial charge is 0.464 e. The minimum Gasteiger partial charge on any atom is -0.464 e. The van der Waals surface area contributed by atoms with Crippen LogP contribution in [-0.2, 0) is 35.8 Å². The third kappa shape index (κ3) is 6.44. The fourth-order valence-electron chi connectivity index (χ4n) is 5.57. The maximum atomic E-state index is 14.6. The van der Waals surface area contributed by atoms with Crippen LogP contribution in [0.1, 0.15) is 73.9 Å². The molecule has 4 bridgehead atoms. The van der Waals surface area contributed by atoms with E-state index >= 15 is 0 Å².